The predicted molar refractivity (Wildman–Crippen MR) is 61.8 cm³/mol. The molecule has 14 heavy (non-hydrogen) atoms. The van der Waals surface area contributed by atoms with Crippen LogP contribution in [0.1, 0.15) is 41.0 Å². The van der Waals surface area contributed by atoms with E-state index in [1.54, 1.807) is 11.1 Å². The SMILES string of the molecule is C[C]1C=C(C)C2=C1CC(C)C(C)C2C. The summed E-state index contributed by atoms with van der Waals surface area (Å²) in [6.07, 6.45) is 3.66. The van der Waals surface area contributed by atoms with E-state index in [0.29, 0.717) is 0 Å². The van der Waals surface area contributed by atoms with Crippen LogP contribution in [0.3, 0.4) is 0 Å². The first kappa shape index (κ1) is 10.0. The van der Waals surface area contributed by atoms with E-state index in [1.165, 1.54) is 17.9 Å². The fraction of sp³-hybridized carbons (Fsp3) is 0.643. The van der Waals surface area contributed by atoms with Crippen molar-refractivity contribution < 1.29 is 0 Å². The van der Waals surface area contributed by atoms with Gasteiger partial charge in [0.25, 0.3) is 0 Å². The molecule has 2 aliphatic rings. The van der Waals surface area contributed by atoms with Gasteiger partial charge >= 0.3 is 0 Å². The molecule has 0 aromatic heterocycles. The predicted octanol–water partition coefficient (Wildman–Crippen LogP) is 4.15. The Bertz CT molecular complexity index is 306. The van der Waals surface area contributed by atoms with Gasteiger partial charge in [0.1, 0.15) is 0 Å². The van der Waals surface area contributed by atoms with Crippen molar-refractivity contribution >= 4 is 0 Å². The smallest absolute Gasteiger partial charge is 0.0200 e. The third-order valence-corrected chi connectivity index (χ3v) is 4.33. The summed E-state index contributed by atoms with van der Waals surface area (Å²) in [6.45, 7) is 11.7. The van der Waals surface area contributed by atoms with E-state index >= 15 is 0 Å². The Hall–Kier alpha value is -0.520. The van der Waals surface area contributed by atoms with Gasteiger partial charge in [0.15, 0.2) is 0 Å². The minimum absolute atomic E-state index is 0.752. The van der Waals surface area contributed by atoms with Gasteiger partial charge in [0, 0.05) is 5.92 Å². The summed E-state index contributed by atoms with van der Waals surface area (Å²) >= 11 is 0. The van der Waals surface area contributed by atoms with Crippen molar-refractivity contribution in [3.63, 3.8) is 0 Å². The minimum atomic E-state index is 0.752. The molecule has 3 atom stereocenters. The fourth-order valence-electron chi connectivity index (χ4n) is 3.11. The second kappa shape index (κ2) is 3.25. The molecule has 0 spiro atoms. The van der Waals surface area contributed by atoms with Crippen molar-refractivity contribution in [1.82, 2.24) is 0 Å². The lowest BCUT2D eigenvalue weighted by Gasteiger charge is -2.35. The molecule has 0 N–H and O–H groups in total. The fourth-order valence-corrected chi connectivity index (χ4v) is 3.11. The van der Waals surface area contributed by atoms with Crippen molar-refractivity contribution in [3.05, 3.63) is 28.7 Å². The van der Waals surface area contributed by atoms with Crippen molar-refractivity contribution in [3.8, 4) is 0 Å². The summed E-state index contributed by atoms with van der Waals surface area (Å²) < 4.78 is 0. The van der Waals surface area contributed by atoms with Crippen molar-refractivity contribution in [2.45, 2.75) is 41.0 Å². The molecule has 0 heterocycles. The molecule has 0 saturated heterocycles. The molecular weight excluding hydrogens is 168 g/mol. The summed E-state index contributed by atoms with van der Waals surface area (Å²) in [5.41, 5.74) is 4.83. The second-order valence-corrected chi connectivity index (χ2v) is 5.23. The Morgan fingerprint density at radius 1 is 1.14 bits per heavy atom. The van der Waals surface area contributed by atoms with Gasteiger partial charge in [-0.1, -0.05) is 44.9 Å². The molecule has 0 heteroatoms. The molecule has 2 rings (SSSR count). The molecule has 3 unspecified atom stereocenters. The third-order valence-electron chi connectivity index (χ3n) is 4.33. The van der Waals surface area contributed by atoms with Crippen LogP contribution in [-0.2, 0) is 0 Å². The quantitative estimate of drug-likeness (QED) is 0.537. The van der Waals surface area contributed by atoms with Gasteiger partial charge < -0.3 is 0 Å². The zero-order chi connectivity index (χ0) is 10.5. The molecular formula is C14H21. The first-order valence-electron chi connectivity index (χ1n) is 5.78. The zero-order valence-electron chi connectivity index (χ0n) is 10.0. The highest BCUT2D eigenvalue weighted by atomic mass is 14.4. The Kier molecular flexibility index (Phi) is 2.33. The molecule has 0 aromatic carbocycles. The summed E-state index contributed by atoms with van der Waals surface area (Å²) in [4.78, 5) is 0. The van der Waals surface area contributed by atoms with Crippen LogP contribution in [-0.4, -0.2) is 0 Å². The van der Waals surface area contributed by atoms with Crippen LogP contribution >= 0.6 is 0 Å². The molecule has 0 fully saturated rings. The molecule has 0 nitrogen and oxygen atoms in total. The summed E-state index contributed by atoms with van der Waals surface area (Å²) in [7, 11) is 0. The number of rotatable bonds is 0. The minimum Gasteiger partial charge on any atom is -0.0701 e. The van der Waals surface area contributed by atoms with E-state index in [9.17, 15) is 0 Å². The molecule has 0 aromatic rings. The number of hydrogen-bond donors (Lipinski definition) is 0. The largest absolute Gasteiger partial charge is 0.0701 e. The average Bonchev–Trinajstić information content (AvgIpc) is 2.38. The highest BCUT2D eigenvalue weighted by Crippen LogP contribution is 2.48. The van der Waals surface area contributed by atoms with Gasteiger partial charge in [0.2, 0.25) is 0 Å². The standard InChI is InChI=1S/C14H21/c1-8-7-13-9(2)6-10(3)14(13)12(5)11(8)4/h6,8,11-12H,7H2,1-5H3. The molecule has 0 saturated carbocycles. The molecule has 0 amide bonds. The van der Waals surface area contributed by atoms with Crippen molar-refractivity contribution in [1.29, 1.82) is 0 Å². The lowest BCUT2D eigenvalue weighted by atomic mass is 9.70. The molecule has 0 aliphatic heterocycles. The highest BCUT2D eigenvalue weighted by molar-refractivity contribution is 5.55. The van der Waals surface area contributed by atoms with Crippen LogP contribution in [0.25, 0.3) is 0 Å². The van der Waals surface area contributed by atoms with E-state index < -0.39 is 0 Å². The number of hydrogen-bond acceptors (Lipinski definition) is 0. The van der Waals surface area contributed by atoms with E-state index in [-0.39, 0.29) is 0 Å². The first-order valence-corrected chi connectivity index (χ1v) is 5.78. The first-order chi connectivity index (χ1) is 6.52. The Morgan fingerprint density at radius 2 is 1.79 bits per heavy atom. The molecule has 1 radical (unpaired) electrons. The molecule has 0 bridgehead atoms. The number of allylic oxidation sites excluding steroid dienone is 4. The average molecular weight is 189 g/mol. The normalized spacial score (nSPS) is 38.6. The summed E-state index contributed by atoms with van der Waals surface area (Å²) in [6, 6.07) is 0. The topological polar surface area (TPSA) is 0 Å². The van der Waals surface area contributed by atoms with Crippen LogP contribution in [0, 0.1) is 23.7 Å². The van der Waals surface area contributed by atoms with Gasteiger partial charge in [-0.25, -0.2) is 0 Å². The third kappa shape index (κ3) is 1.27. The molecule has 2 aliphatic carbocycles. The summed E-state index contributed by atoms with van der Waals surface area (Å²) in [5, 5.41) is 0. The van der Waals surface area contributed by atoms with Crippen LogP contribution in [0.2, 0.25) is 0 Å². The van der Waals surface area contributed by atoms with E-state index in [2.05, 4.69) is 40.7 Å². The lowest BCUT2D eigenvalue weighted by Crippen LogP contribution is -2.25. The van der Waals surface area contributed by atoms with E-state index in [0.717, 1.165) is 17.8 Å². The second-order valence-electron chi connectivity index (χ2n) is 5.23. The maximum Gasteiger partial charge on any atom is 0.0200 e. The van der Waals surface area contributed by atoms with Crippen LogP contribution in [0.5, 0.6) is 0 Å². The van der Waals surface area contributed by atoms with Gasteiger partial charge in [-0.3, -0.25) is 0 Å². The van der Waals surface area contributed by atoms with Crippen LogP contribution < -0.4 is 0 Å². The molecule has 77 valence electrons. The van der Waals surface area contributed by atoms with Crippen LogP contribution in [0.15, 0.2) is 22.8 Å². The Labute approximate surface area is 88.1 Å². The van der Waals surface area contributed by atoms with Gasteiger partial charge in [0.05, 0.1) is 0 Å². The van der Waals surface area contributed by atoms with Gasteiger partial charge in [-0.15, -0.1) is 0 Å². The lowest BCUT2D eigenvalue weighted by molar-refractivity contribution is 0.288. The maximum atomic E-state index is 2.40. The Morgan fingerprint density at radius 3 is 2.43 bits per heavy atom. The van der Waals surface area contributed by atoms with E-state index in [4.69, 9.17) is 0 Å². The Balaban J connectivity index is 2.40. The zero-order valence-corrected chi connectivity index (χ0v) is 10.0. The van der Waals surface area contributed by atoms with Crippen LogP contribution in [0.4, 0.5) is 0 Å². The maximum absolute atomic E-state index is 2.40. The summed E-state index contributed by atoms with van der Waals surface area (Å²) in [5.74, 6) is 3.95. The highest BCUT2D eigenvalue weighted by Gasteiger charge is 2.35. The van der Waals surface area contributed by atoms with E-state index in [1.807, 2.05) is 0 Å². The monoisotopic (exact) mass is 189 g/mol. The van der Waals surface area contributed by atoms with Crippen molar-refractivity contribution in [2.75, 3.05) is 0 Å². The van der Waals surface area contributed by atoms with Gasteiger partial charge in [-0.2, -0.15) is 0 Å². The van der Waals surface area contributed by atoms with Gasteiger partial charge in [-0.05, 0) is 36.7 Å². The van der Waals surface area contributed by atoms with Crippen molar-refractivity contribution in [2.24, 2.45) is 17.8 Å².